The summed E-state index contributed by atoms with van der Waals surface area (Å²) in [4.78, 5) is 11.2. The minimum Gasteiger partial charge on any atom is -0.411 e. The van der Waals surface area contributed by atoms with Gasteiger partial charge in [-0.2, -0.15) is 0 Å². The van der Waals surface area contributed by atoms with Gasteiger partial charge in [0.25, 0.3) is 0 Å². The van der Waals surface area contributed by atoms with E-state index >= 15 is 0 Å². The molecule has 0 radical (unpaired) electrons. The van der Waals surface area contributed by atoms with Crippen LogP contribution in [0.5, 0.6) is 0 Å². The van der Waals surface area contributed by atoms with Crippen LogP contribution in [0.2, 0.25) is 0 Å². The predicted octanol–water partition coefficient (Wildman–Crippen LogP) is 1.95. The predicted molar refractivity (Wildman–Crippen MR) is 50.5 cm³/mol. The molecular formula is C10H11NO2. The monoisotopic (exact) mass is 177 g/mol. The first-order chi connectivity index (χ1) is 6.15. The number of rotatable bonds is 2. The van der Waals surface area contributed by atoms with Crippen LogP contribution >= 0.6 is 0 Å². The Bertz CT molecular complexity index is 356. The number of carbonyl (C=O) groups excluding carboxylic acids is 1. The summed E-state index contributed by atoms with van der Waals surface area (Å²) in [5.41, 5.74) is 2.73. The Kier molecular flexibility index (Phi) is 2.80. The molecule has 68 valence electrons. The molecule has 0 aliphatic heterocycles. The molecule has 3 nitrogen and oxygen atoms in total. The van der Waals surface area contributed by atoms with Crippen LogP contribution in [0.15, 0.2) is 23.4 Å². The van der Waals surface area contributed by atoms with Crippen molar-refractivity contribution in [3.8, 4) is 0 Å². The fourth-order valence-corrected chi connectivity index (χ4v) is 1.02. The highest BCUT2D eigenvalue weighted by Crippen LogP contribution is 2.09. The van der Waals surface area contributed by atoms with Crippen molar-refractivity contribution in [3.63, 3.8) is 0 Å². The summed E-state index contributed by atoms with van der Waals surface area (Å²) in [5.74, 6) is -0.286. The van der Waals surface area contributed by atoms with Crippen molar-refractivity contribution < 1.29 is 10.0 Å². The minimum absolute atomic E-state index is 0.286. The van der Waals surface area contributed by atoms with Crippen molar-refractivity contribution in [3.05, 3.63) is 34.9 Å². The zero-order valence-corrected chi connectivity index (χ0v) is 7.61. The van der Waals surface area contributed by atoms with Crippen molar-refractivity contribution in [1.82, 2.24) is 0 Å². The van der Waals surface area contributed by atoms with Gasteiger partial charge in [-0.3, -0.25) is 4.79 Å². The van der Waals surface area contributed by atoms with Crippen LogP contribution in [0.4, 0.5) is 0 Å². The Hall–Kier alpha value is -1.64. The second kappa shape index (κ2) is 3.85. The van der Waals surface area contributed by atoms with E-state index in [2.05, 4.69) is 5.16 Å². The Balaban J connectivity index is 3.04. The topological polar surface area (TPSA) is 49.7 Å². The van der Waals surface area contributed by atoms with Crippen LogP contribution < -0.4 is 0 Å². The third kappa shape index (κ3) is 2.15. The third-order valence-corrected chi connectivity index (χ3v) is 1.97. The molecule has 0 atom stereocenters. The summed E-state index contributed by atoms with van der Waals surface area (Å²) in [5, 5.41) is 10.9. The highest BCUT2D eigenvalue weighted by Gasteiger charge is 2.03. The van der Waals surface area contributed by atoms with E-state index in [1.807, 2.05) is 19.9 Å². The van der Waals surface area contributed by atoms with Gasteiger partial charge in [0, 0.05) is 5.56 Å². The van der Waals surface area contributed by atoms with Gasteiger partial charge in [0.15, 0.2) is 0 Å². The molecule has 0 amide bonds. The molecule has 0 aromatic heterocycles. The number of ketones is 1. The maximum atomic E-state index is 11.2. The standard InChI is InChI=1S/C10H11NO2/c1-7-3-4-9(5-8(7)2)10(12)6-11-13/h3-6,13H,1-2H3/b11-6+. The van der Waals surface area contributed by atoms with Gasteiger partial charge < -0.3 is 5.21 Å². The number of aryl methyl sites for hydroxylation is 2. The lowest BCUT2D eigenvalue weighted by Gasteiger charge is -2.00. The number of Topliss-reactive ketones (excluding diaryl/α,β-unsaturated/α-hetero) is 1. The Morgan fingerprint density at radius 3 is 2.62 bits per heavy atom. The summed E-state index contributed by atoms with van der Waals surface area (Å²) < 4.78 is 0. The summed E-state index contributed by atoms with van der Waals surface area (Å²) in [6.07, 6.45) is 0.893. The molecule has 1 aromatic carbocycles. The molecule has 0 bridgehead atoms. The van der Waals surface area contributed by atoms with Gasteiger partial charge in [-0.15, -0.1) is 0 Å². The zero-order valence-electron chi connectivity index (χ0n) is 7.61. The van der Waals surface area contributed by atoms with E-state index in [1.165, 1.54) is 0 Å². The average molecular weight is 177 g/mol. The van der Waals surface area contributed by atoms with Gasteiger partial charge in [-0.1, -0.05) is 17.3 Å². The van der Waals surface area contributed by atoms with Crippen LogP contribution in [0, 0.1) is 13.8 Å². The molecule has 0 unspecified atom stereocenters. The SMILES string of the molecule is Cc1ccc(C(=O)/C=N/O)cc1C. The molecule has 13 heavy (non-hydrogen) atoms. The van der Waals surface area contributed by atoms with Gasteiger partial charge in [0.05, 0.1) is 0 Å². The van der Waals surface area contributed by atoms with Gasteiger partial charge in [0.1, 0.15) is 6.21 Å². The largest absolute Gasteiger partial charge is 0.411 e. The van der Waals surface area contributed by atoms with Crippen molar-refractivity contribution in [1.29, 1.82) is 0 Å². The van der Waals surface area contributed by atoms with Crippen LogP contribution in [-0.2, 0) is 0 Å². The number of carbonyl (C=O) groups is 1. The molecular weight excluding hydrogens is 166 g/mol. The molecule has 0 saturated carbocycles. The molecule has 0 heterocycles. The van der Waals surface area contributed by atoms with Gasteiger partial charge in [0.2, 0.25) is 5.78 Å². The van der Waals surface area contributed by atoms with E-state index in [-0.39, 0.29) is 5.78 Å². The fraction of sp³-hybridized carbons (Fsp3) is 0.200. The summed E-state index contributed by atoms with van der Waals surface area (Å²) in [7, 11) is 0. The highest BCUT2D eigenvalue weighted by atomic mass is 16.4. The third-order valence-electron chi connectivity index (χ3n) is 1.97. The molecule has 0 aliphatic rings. The average Bonchev–Trinajstić information content (AvgIpc) is 2.10. The molecule has 3 heteroatoms. The normalized spacial score (nSPS) is 10.6. The first kappa shape index (κ1) is 9.45. The number of hydrogen-bond donors (Lipinski definition) is 1. The van der Waals surface area contributed by atoms with E-state index in [9.17, 15) is 4.79 Å². The molecule has 0 fully saturated rings. The lowest BCUT2D eigenvalue weighted by Crippen LogP contribution is -2.00. The molecule has 1 aromatic rings. The van der Waals surface area contributed by atoms with Crippen molar-refractivity contribution >= 4 is 12.0 Å². The zero-order chi connectivity index (χ0) is 9.84. The molecule has 1 rings (SSSR count). The number of hydrogen-bond acceptors (Lipinski definition) is 3. The number of benzene rings is 1. The number of nitrogens with zero attached hydrogens (tertiary/aromatic N) is 1. The van der Waals surface area contributed by atoms with E-state index in [1.54, 1.807) is 12.1 Å². The lowest BCUT2D eigenvalue weighted by molar-refractivity contribution is 0.106. The number of oxime groups is 1. The first-order valence-electron chi connectivity index (χ1n) is 3.94. The van der Waals surface area contributed by atoms with Gasteiger partial charge in [-0.25, -0.2) is 0 Å². The lowest BCUT2D eigenvalue weighted by atomic mass is 10.0. The van der Waals surface area contributed by atoms with Crippen molar-refractivity contribution in [2.45, 2.75) is 13.8 Å². The van der Waals surface area contributed by atoms with Crippen LogP contribution in [-0.4, -0.2) is 17.2 Å². The summed E-state index contributed by atoms with van der Waals surface area (Å²) in [6.45, 7) is 3.91. The smallest absolute Gasteiger partial charge is 0.207 e. The van der Waals surface area contributed by atoms with E-state index < -0.39 is 0 Å². The van der Waals surface area contributed by atoms with Crippen LogP contribution in [0.1, 0.15) is 21.5 Å². The Morgan fingerprint density at radius 1 is 1.38 bits per heavy atom. The van der Waals surface area contributed by atoms with Crippen molar-refractivity contribution in [2.75, 3.05) is 0 Å². The summed E-state index contributed by atoms with van der Waals surface area (Å²) in [6, 6.07) is 5.36. The van der Waals surface area contributed by atoms with Crippen molar-refractivity contribution in [2.24, 2.45) is 5.16 Å². The Morgan fingerprint density at radius 2 is 2.08 bits per heavy atom. The maximum Gasteiger partial charge on any atom is 0.207 e. The molecule has 0 saturated heterocycles. The van der Waals surface area contributed by atoms with Gasteiger partial charge >= 0.3 is 0 Å². The Labute approximate surface area is 76.7 Å². The second-order valence-electron chi connectivity index (χ2n) is 2.91. The van der Waals surface area contributed by atoms with E-state index in [4.69, 9.17) is 5.21 Å². The van der Waals surface area contributed by atoms with Crippen LogP contribution in [0.25, 0.3) is 0 Å². The van der Waals surface area contributed by atoms with E-state index in [0.717, 1.165) is 17.3 Å². The summed E-state index contributed by atoms with van der Waals surface area (Å²) >= 11 is 0. The minimum atomic E-state index is -0.286. The maximum absolute atomic E-state index is 11.2. The van der Waals surface area contributed by atoms with E-state index in [0.29, 0.717) is 5.56 Å². The molecule has 1 N–H and O–H groups in total. The molecule has 0 spiro atoms. The quantitative estimate of drug-likeness (QED) is 0.325. The fourth-order valence-electron chi connectivity index (χ4n) is 1.02. The molecule has 0 aliphatic carbocycles. The van der Waals surface area contributed by atoms with Gasteiger partial charge in [-0.05, 0) is 31.0 Å². The second-order valence-corrected chi connectivity index (χ2v) is 2.91. The highest BCUT2D eigenvalue weighted by molar-refractivity contribution is 6.35. The first-order valence-corrected chi connectivity index (χ1v) is 3.94. The van der Waals surface area contributed by atoms with Crippen LogP contribution in [0.3, 0.4) is 0 Å².